The molecule has 1 aromatic heterocycles. The number of pyridine rings is 1. The summed E-state index contributed by atoms with van der Waals surface area (Å²) in [5, 5.41) is 13.9. The molecule has 6 nitrogen and oxygen atoms in total. The van der Waals surface area contributed by atoms with Gasteiger partial charge in [0, 0.05) is 43.8 Å². The van der Waals surface area contributed by atoms with Gasteiger partial charge in [0.2, 0.25) is 0 Å². The summed E-state index contributed by atoms with van der Waals surface area (Å²) in [6, 6.07) is 4.43. The second kappa shape index (κ2) is 6.98. The Hall–Kier alpha value is -2.18. The number of nitrogens with one attached hydrogen (secondary N) is 1. The minimum absolute atomic E-state index is 0.226. The van der Waals surface area contributed by atoms with Gasteiger partial charge in [0.05, 0.1) is 11.2 Å². The zero-order chi connectivity index (χ0) is 18.1. The maximum absolute atomic E-state index is 11.7. The van der Waals surface area contributed by atoms with E-state index in [4.69, 9.17) is 0 Å². The number of nitrogens with zero attached hydrogens (tertiary/aromatic N) is 3. The number of carbonyl (C=O) groups is 1. The van der Waals surface area contributed by atoms with Gasteiger partial charge < -0.3 is 15.3 Å². The number of piperazine rings is 1. The van der Waals surface area contributed by atoms with E-state index in [1.165, 1.54) is 6.20 Å². The smallest absolute Gasteiger partial charge is 0.339 e. The van der Waals surface area contributed by atoms with Gasteiger partial charge in [0.1, 0.15) is 5.56 Å². The van der Waals surface area contributed by atoms with Gasteiger partial charge in [-0.2, -0.15) is 0 Å². The molecule has 3 rings (SSSR count). The van der Waals surface area contributed by atoms with E-state index in [2.05, 4.69) is 40.3 Å². The monoisotopic (exact) mass is 342 g/mol. The van der Waals surface area contributed by atoms with E-state index >= 15 is 0 Å². The number of aryl methyl sites for hydroxylation is 2. The molecule has 134 valence electrons. The van der Waals surface area contributed by atoms with E-state index in [-0.39, 0.29) is 5.56 Å². The van der Waals surface area contributed by atoms with Crippen molar-refractivity contribution in [3.63, 3.8) is 0 Å². The lowest BCUT2D eigenvalue weighted by Gasteiger charge is -2.38. The van der Waals surface area contributed by atoms with Crippen LogP contribution in [0.5, 0.6) is 0 Å². The molecule has 1 aliphatic heterocycles. The largest absolute Gasteiger partial charge is 0.478 e. The summed E-state index contributed by atoms with van der Waals surface area (Å²) in [7, 11) is 4.24. The molecule has 0 amide bonds. The van der Waals surface area contributed by atoms with Crippen molar-refractivity contribution in [2.45, 2.75) is 19.9 Å². The molecule has 1 atom stereocenters. The third-order valence-corrected chi connectivity index (χ3v) is 5.03. The fourth-order valence-electron chi connectivity index (χ4n) is 3.55. The molecule has 0 radical (unpaired) electrons. The van der Waals surface area contributed by atoms with Gasteiger partial charge in [0.15, 0.2) is 0 Å². The zero-order valence-electron chi connectivity index (χ0n) is 15.3. The third-order valence-electron chi connectivity index (χ3n) is 5.03. The molecule has 1 fully saturated rings. The molecule has 2 N–H and O–H groups in total. The van der Waals surface area contributed by atoms with Crippen molar-refractivity contribution >= 4 is 22.6 Å². The summed E-state index contributed by atoms with van der Waals surface area (Å²) < 4.78 is 0. The average Bonchev–Trinajstić information content (AvgIpc) is 2.55. The molecule has 1 aromatic carbocycles. The third kappa shape index (κ3) is 3.60. The lowest BCUT2D eigenvalue weighted by Crippen LogP contribution is -2.52. The number of likely N-dealkylation sites (N-methyl/N-ethyl adjacent to an activating group) is 2. The van der Waals surface area contributed by atoms with E-state index in [0.29, 0.717) is 18.3 Å². The topological polar surface area (TPSA) is 68.7 Å². The summed E-state index contributed by atoms with van der Waals surface area (Å²) in [5.74, 6) is -0.954. The minimum atomic E-state index is -0.954. The highest BCUT2D eigenvalue weighted by Crippen LogP contribution is 2.29. The SMILES string of the molecule is Cc1cc(C)c2ncc(C(=O)O)c(NCC3CN(C)CCN3C)c2c1. The zero-order valence-corrected chi connectivity index (χ0v) is 15.3. The van der Waals surface area contributed by atoms with Gasteiger partial charge in [-0.15, -0.1) is 0 Å². The summed E-state index contributed by atoms with van der Waals surface area (Å²) in [4.78, 5) is 20.7. The number of hydrogen-bond acceptors (Lipinski definition) is 5. The Morgan fingerprint density at radius 3 is 2.80 bits per heavy atom. The average molecular weight is 342 g/mol. The van der Waals surface area contributed by atoms with E-state index in [1.807, 2.05) is 19.9 Å². The highest BCUT2D eigenvalue weighted by molar-refractivity contribution is 6.05. The predicted molar refractivity (Wildman–Crippen MR) is 101 cm³/mol. The summed E-state index contributed by atoms with van der Waals surface area (Å²) in [5.41, 5.74) is 3.92. The normalized spacial score (nSPS) is 19.3. The van der Waals surface area contributed by atoms with Gasteiger partial charge in [-0.05, 0) is 39.6 Å². The number of carboxylic acids is 1. The Morgan fingerprint density at radius 2 is 2.08 bits per heavy atom. The number of carboxylic acid groups (broad SMARTS) is 1. The van der Waals surface area contributed by atoms with Crippen LogP contribution in [-0.4, -0.2) is 72.2 Å². The highest BCUT2D eigenvalue weighted by atomic mass is 16.4. The lowest BCUT2D eigenvalue weighted by atomic mass is 10.0. The number of fused-ring (bicyclic) bond motifs is 1. The maximum Gasteiger partial charge on any atom is 0.339 e. The number of aromatic carboxylic acids is 1. The fourth-order valence-corrected chi connectivity index (χ4v) is 3.55. The first-order valence-corrected chi connectivity index (χ1v) is 8.62. The van der Waals surface area contributed by atoms with Crippen LogP contribution in [0.4, 0.5) is 5.69 Å². The minimum Gasteiger partial charge on any atom is -0.478 e. The fraction of sp³-hybridized carbons (Fsp3) is 0.474. The first kappa shape index (κ1) is 17.6. The van der Waals surface area contributed by atoms with Gasteiger partial charge in [-0.3, -0.25) is 9.88 Å². The van der Waals surface area contributed by atoms with Crippen LogP contribution in [-0.2, 0) is 0 Å². The Morgan fingerprint density at radius 1 is 1.32 bits per heavy atom. The number of aromatic nitrogens is 1. The molecule has 0 aliphatic carbocycles. The predicted octanol–water partition coefficient (Wildman–Crippen LogP) is 2.21. The van der Waals surface area contributed by atoms with Crippen molar-refractivity contribution in [3.8, 4) is 0 Å². The van der Waals surface area contributed by atoms with Gasteiger partial charge in [-0.25, -0.2) is 4.79 Å². The summed E-state index contributed by atoms with van der Waals surface area (Å²) in [6.07, 6.45) is 1.46. The lowest BCUT2D eigenvalue weighted by molar-refractivity contribution is 0.0697. The quantitative estimate of drug-likeness (QED) is 0.888. The van der Waals surface area contributed by atoms with Crippen LogP contribution in [0, 0.1) is 13.8 Å². The van der Waals surface area contributed by atoms with Crippen molar-refractivity contribution in [2.24, 2.45) is 0 Å². The van der Waals surface area contributed by atoms with Gasteiger partial charge in [-0.1, -0.05) is 11.6 Å². The second-order valence-electron chi connectivity index (χ2n) is 7.11. The van der Waals surface area contributed by atoms with Crippen LogP contribution in [0.15, 0.2) is 18.3 Å². The molecular formula is C19H26N4O2. The summed E-state index contributed by atoms with van der Waals surface area (Å²) >= 11 is 0. The molecule has 2 aromatic rings. The van der Waals surface area contributed by atoms with Crippen LogP contribution in [0.1, 0.15) is 21.5 Å². The first-order valence-electron chi connectivity index (χ1n) is 8.62. The number of rotatable bonds is 4. The molecule has 1 aliphatic rings. The standard InChI is InChI=1S/C19H26N4O2/c1-12-7-13(2)17-15(8-12)18(16(10-21-17)19(24)25)20-9-14-11-22(3)5-6-23(14)4/h7-8,10,14H,5-6,9,11H2,1-4H3,(H,20,21)(H,24,25). The summed E-state index contributed by atoms with van der Waals surface area (Å²) in [6.45, 7) is 7.78. The number of anilines is 1. The van der Waals surface area contributed by atoms with Gasteiger partial charge >= 0.3 is 5.97 Å². The molecule has 0 bridgehead atoms. The van der Waals surface area contributed by atoms with Crippen LogP contribution in [0.2, 0.25) is 0 Å². The van der Waals surface area contributed by atoms with Crippen LogP contribution in [0.25, 0.3) is 10.9 Å². The molecule has 2 heterocycles. The molecule has 0 saturated carbocycles. The van der Waals surface area contributed by atoms with Crippen molar-refractivity contribution in [1.82, 2.24) is 14.8 Å². The molecule has 25 heavy (non-hydrogen) atoms. The number of hydrogen-bond donors (Lipinski definition) is 2. The molecule has 0 spiro atoms. The van der Waals surface area contributed by atoms with Crippen molar-refractivity contribution in [3.05, 3.63) is 35.0 Å². The van der Waals surface area contributed by atoms with Crippen molar-refractivity contribution in [2.75, 3.05) is 45.6 Å². The Kier molecular flexibility index (Phi) is 4.92. The molecule has 6 heteroatoms. The Labute approximate surface area is 148 Å². The van der Waals surface area contributed by atoms with E-state index in [0.717, 1.165) is 41.7 Å². The van der Waals surface area contributed by atoms with Crippen LogP contribution in [0.3, 0.4) is 0 Å². The Bertz CT molecular complexity index is 806. The van der Waals surface area contributed by atoms with E-state index in [9.17, 15) is 9.90 Å². The maximum atomic E-state index is 11.7. The Balaban J connectivity index is 1.98. The van der Waals surface area contributed by atoms with Crippen LogP contribution < -0.4 is 5.32 Å². The molecule has 1 unspecified atom stereocenters. The second-order valence-corrected chi connectivity index (χ2v) is 7.11. The van der Waals surface area contributed by atoms with Crippen molar-refractivity contribution < 1.29 is 9.90 Å². The van der Waals surface area contributed by atoms with Crippen molar-refractivity contribution in [1.29, 1.82) is 0 Å². The van der Waals surface area contributed by atoms with Gasteiger partial charge in [0.25, 0.3) is 0 Å². The van der Waals surface area contributed by atoms with E-state index in [1.54, 1.807) is 0 Å². The highest BCUT2D eigenvalue weighted by Gasteiger charge is 2.23. The molecular weight excluding hydrogens is 316 g/mol. The van der Waals surface area contributed by atoms with E-state index < -0.39 is 5.97 Å². The first-order chi connectivity index (χ1) is 11.9. The number of benzene rings is 1. The molecule has 1 saturated heterocycles. The van der Waals surface area contributed by atoms with Crippen LogP contribution >= 0.6 is 0 Å².